The first-order valence-corrected chi connectivity index (χ1v) is 10.9. The van der Waals surface area contributed by atoms with Crippen LogP contribution in [0.25, 0.3) is 11.0 Å². The third-order valence-electron chi connectivity index (χ3n) is 5.18. The minimum absolute atomic E-state index is 0.00351. The molecule has 1 aromatic heterocycles. The van der Waals surface area contributed by atoms with Crippen molar-refractivity contribution in [3.8, 4) is 11.5 Å². The Morgan fingerprint density at radius 1 is 1.09 bits per heavy atom. The van der Waals surface area contributed by atoms with Crippen LogP contribution in [-0.4, -0.2) is 17.4 Å². The van der Waals surface area contributed by atoms with E-state index < -0.39 is 23.9 Å². The first-order chi connectivity index (χ1) is 15.9. The largest absolute Gasteiger partial charge is 0.573 e. The van der Waals surface area contributed by atoms with Crippen LogP contribution in [0.4, 0.5) is 17.6 Å². The Kier molecular flexibility index (Phi) is 7.74. The van der Waals surface area contributed by atoms with Gasteiger partial charge in [-0.2, -0.15) is 0 Å². The fraction of sp³-hybridized carbons (Fsp3) is 0.400. The molecule has 0 atom stereocenters. The van der Waals surface area contributed by atoms with Crippen LogP contribution in [0.2, 0.25) is 0 Å². The summed E-state index contributed by atoms with van der Waals surface area (Å²) in [5.41, 5.74) is 1.86. The third kappa shape index (κ3) is 6.65. The van der Waals surface area contributed by atoms with E-state index >= 15 is 0 Å². The standard InChI is InChI=1S/C25H26F4O5/c1-4-19-9-17-10-20(34-25(27,28)29)12-22(24(17)33-19)32-13-18-8-16(7-14(2)3)15(11-21(18)26)5-6-23(30)31/h8-12,14H,4-7,13H2,1-3H3,(H,30,31). The number of rotatable bonds is 10. The highest BCUT2D eigenvalue weighted by Crippen LogP contribution is 2.36. The Hall–Kier alpha value is -3.23. The Labute approximate surface area is 194 Å². The number of benzene rings is 2. The molecule has 0 radical (unpaired) electrons. The molecule has 0 aliphatic rings. The minimum Gasteiger partial charge on any atom is -0.485 e. The zero-order chi connectivity index (χ0) is 25.0. The third-order valence-corrected chi connectivity index (χ3v) is 5.18. The Bertz CT molecular complexity index is 1160. The van der Waals surface area contributed by atoms with E-state index in [1.165, 1.54) is 12.1 Å². The van der Waals surface area contributed by atoms with E-state index in [0.717, 1.165) is 11.6 Å². The van der Waals surface area contributed by atoms with Gasteiger partial charge in [-0.1, -0.05) is 20.8 Å². The molecule has 1 N–H and O–H groups in total. The van der Waals surface area contributed by atoms with Crippen molar-refractivity contribution < 1.29 is 41.4 Å². The van der Waals surface area contributed by atoms with Crippen LogP contribution < -0.4 is 9.47 Å². The lowest BCUT2D eigenvalue weighted by Gasteiger charge is -2.16. The molecular formula is C25H26F4O5. The van der Waals surface area contributed by atoms with Crippen LogP contribution in [0.1, 0.15) is 49.6 Å². The molecule has 0 saturated heterocycles. The van der Waals surface area contributed by atoms with Gasteiger partial charge in [0.05, 0.1) is 0 Å². The van der Waals surface area contributed by atoms with Crippen LogP contribution in [0.15, 0.2) is 34.7 Å². The van der Waals surface area contributed by atoms with Gasteiger partial charge in [-0.3, -0.25) is 4.79 Å². The molecule has 0 saturated carbocycles. The molecule has 0 bridgehead atoms. The SMILES string of the molecule is CCc1cc2cc(OC(F)(F)F)cc(OCc3cc(CC(C)C)c(CCC(=O)O)cc3F)c2o1. The van der Waals surface area contributed by atoms with Crippen LogP contribution in [0, 0.1) is 11.7 Å². The maximum Gasteiger partial charge on any atom is 0.573 e. The first-order valence-electron chi connectivity index (χ1n) is 10.9. The molecule has 184 valence electrons. The van der Waals surface area contributed by atoms with E-state index in [0.29, 0.717) is 29.6 Å². The maximum atomic E-state index is 14.8. The van der Waals surface area contributed by atoms with Crippen molar-refractivity contribution in [3.63, 3.8) is 0 Å². The van der Waals surface area contributed by atoms with Crippen molar-refractivity contribution in [2.45, 2.75) is 59.4 Å². The van der Waals surface area contributed by atoms with Gasteiger partial charge in [-0.15, -0.1) is 13.2 Å². The molecule has 3 rings (SSSR count). The number of aliphatic carboxylic acids is 1. The minimum atomic E-state index is -4.88. The topological polar surface area (TPSA) is 68.9 Å². The molecule has 2 aromatic carbocycles. The molecule has 0 aliphatic carbocycles. The predicted molar refractivity (Wildman–Crippen MR) is 118 cm³/mol. The zero-order valence-corrected chi connectivity index (χ0v) is 19.1. The summed E-state index contributed by atoms with van der Waals surface area (Å²) in [5.74, 6) is -1.23. The van der Waals surface area contributed by atoms with Crippen molar-refractivity contribution in [2.24, 2.45) is 5.92 Å². The summed E-state index contributed by atoms with van der Waals surface area (Å²) in [4.78, 5) is 11.0. The average Bonchev–Trinajstić information content (AvgIpc) is 3.14. The number of ether oxygens (including phenoxy) is 2. The molecule has 3 aromatic rings. The van der Waals surface area contributed by atoms with Crippen molar-refractivity contribution in [1.29, 1.82) is 0 Å². The molecule has 0 unspecified atom stereocenters. The van der Waals surface area contributed by atoms with Crippen LogP contribution in [0.5, 0.6) is 11.5 Å². The second-order valence-electron chi connectivity index (χ2n) is 8.45. The summed E-state index contributed by atoms with van der Waals surface area (Å²) in [7, 11) is 0. The van der Waals surface area contributed by atoms with Gasteiger partial charge in [0.2, 0.25) is 0 Å². The number of halogens is 4. The van der Waals surface area contributed by atoms with E-state index in [9.17, 15) is 22.4 Å². The summed E-state index contributed by atoms with van der Waals surface area (Å²) < 4.78 is 68.6. The van der Waals surface area contributed by atoms with Gasteiger partial charge >= 0.3 is 12.3 Å². The number of alkyl halides is 3. The smallest absolute Gasteiger partial charge is 0.485 e. The highest BCUT2D eigenvalue weighted by molar-refractivity contribution is 5.85. The van der Waals surface area contributed by atoms with E-state index in [1.54, 1.807) is 12.1 Å². The quantitative estimate of drug-likeness (QED) is 0.321. The molecular weight excluding hydrogens is 456 g/mol. The summed E-state index contributed by atoms with van der Waals surface area (Å²) in [6.45, 7) is 5.56. The molecule has 9 heteroatoms. The Morgan fingerprint density at radius 3 is 2.44 bits per heavy atom. The second-order valence-corrected chi connectivity index (χ2v) is 8.45. The first kappa shape index (κ1) is 25.4. The highest BCUT2D eigenvalue weighted by atomic mass is 19.4. The number of hydrogen-bond donors (Lipinski definition) is 1. The summed E-state index contributed by atoms with van der Waals surface area (Å²) in [5, 5.41) is 9.35. The fourth-order valence-electron chi connectivity index (χ4n) is 3.70. The number of hydrogen-bond acceptors (Lipinski definition) is 4. The van der Waals surface area contributed by atoms with Gasteiger partial charge in [0.1, 0.15) is 23.9 Å². The normalized spacial score (nSPS) is 11.9. The van der Waals surface area contributed by atoms with E-state index in [4.69, 9.17) is 14.3 Å². The monoisotopic (exact) mass is 482 g/mol. The van der Waals surface area contributed by atoms with Gasteiger partial charge in [-0.25, -0.2) is 4.39 Å². The van der Waals surface area contributed by atoms with E-state index in [-0.39, 0.29) is 42.3 Å². The lowest BCUT2D eigenvalue weighted by atomic mass is 9.93. The van der Waals surface area contributed by atoms with Crippen molar-refractivity contribution in [2.75, 3.05) is 0 Å². The van der Waals surface area contributed by atoms with E-state index in [1.807, 2.05) is 20.8 Å². The molecule has 0 spiro atoms. The summed E-state index contributed by atoms with van der Waals surface area (Å²) >= 11 is 0. The van der Waals surface area contributed by atoms with Crippen LogP contribution in [0.3, 0.4) is 0 Å². The highest BCUT2D eigenvalue weighted by Gasteiger charge is 2.32. The number of aryl methyl sites for hydroxylation is 2. The van der Waals surface area contributed by atoms with E-state index in [2.05, 4.69) is 4.74 Å². The van der Waals surface area contributed by atoms with Gasteiger partial charge in [0.15, 0.2) is 11.3 Å². The molecule has 0 fully saturated rings. The van der Waals surface area contributed by atoms with Crippen molar-refractivity contribution >= 4 is 16.9 Å². The Balaban J connectivity index is 1.93. The number of furan rings is 1. The van der Waals surface area contributed by atoms with Gasteiger partial charge in [-0.05, 0) is 54.2 Å². The molecule has 0 aliphatic heterocycles. The lowest BCUT2D eigenvalue weighted by molar-refractivity contribution is -0.274. The number of fused-ring (bicyclic) bond motifs is 1. The maximum absolute atomic E-state index is 14.8. The number of carboxylic acid groups (broad SMARTS) is 1. The van der Waals surface area contributed by atoms with Gasteiger partial charge in [0, 0.05) is 29.9 Å². The van der Waals surface area contributed by atoms with Crippen molar-refractivity contribution in [1.82, 2.24) is 0 Å². The molecule has 0 amide bonds. The van der Waals surface area contributed by atoms with Crippen LogP contribution in [-0.2, 0) is 30.7 Å². The van der Waals surface area contributed by atoms with Gasteiger partial charge < -0.3 is 19.0 Å². The fourth-order valence-corrected chi connectivity index (χ4v) is 3.70. The number of carboxylic acids is 1. The molecule has 1 heterocycles. The van der Waals surface area contributed by atoms with Gasteiger partial charge in [0.25, 0.3) is 0 Å². The summed E-state index contributed by atoms with van der Waals surface area (Å²) in [6.07, 6.45) is -3.68. The predicted octanol–water partition coefficient (Wildman–Crippen LogP) is 6.83. The Morgan fingerprint density at radius 2 is 1.82 bits per heavy atom. The lowest BCUT2D eigenvalue weighted by Crippen LogP contribution is -2.17. The summed E-state index contributed by atoms with van der Waals surface area (Å²) in [6, 6.07) is 6.80. The zero-order valence-electron chi connectivity index (χ0n) is 19.1. The molecule has 5 nitrogen and oxygen atoms in total. The van der Waals surface area contributed by atoms with Crippen LogP contribution >= 0.6 is 0 Å². The van der Waals surface area contributed by atoms with Crippen molar-refractivity contribution in [3.05, 3.63) is 58.6 Å². The molecule has 34 heavy (non-hydrogen) atoms. The number of carbonyl (C=O) groups is 1. The second kappa shape index (κ2) is 10.4. The average molecular weight is 482 g/mol.